The summed E-state index contributed by atoms with van der Waals surface area (Å²) >= 11 is 0. The maximum atomic E-state index is 15.6. The number of aromatic nitrogens is 2. The second-order valence-electron chi connectivity index (χ2n) is 9.05. The summed E-state index contributed by atoms with van der Waals surface area (Å²) in [5.74, 6) is -2.66. The molecule has 0 radical (unpaired) electrons. The molecule has 1 atom stereocenters. The van der Waals surface area contributed by atoms with Crippen molar-refractivity contribution in [2.75, 3.05) is 12.0 Å². The first-order valence-electron chi connectivity index (χ1n) is 12.9. The van der Waals surface area contributed by atoms with Crippen molar-refractivity contribution >= 4 is 34.5 Å². The highest BCUT2D eigenvalue weighted by Crippen LogP contribution is 2.29. The van der Waals surface area contributed by atoms with Crippen LogP contribution in [0.4, 0.5) is 14.5 Å². The lowest BCUT2D eigenvalue weighted by Gasteiger charge is -2.24. The molecule has 0 bridgehead atoms. The van der Waals surface area contributed by atoms with Crippen molar-refractivity contribution in [3.63, 3.8) is 0 Å². The minimum absolute atomic E-state index is 0.0221. The SMILES string of the molecule is [2H]C(c1ccc(-c2ccc3c(cnn3C)c2)cc1F)N(C(=O)c1ccccc1)c1cc(F)cc(/C=C/C(=O)OC)c1. The Hall–Kier alpha value is -5.11. The molecule has 200 valence electrons. The van der Waals surface area contributed by atoms with Crippen molar-refractivity contribution in [2.24, 2.45) is 7.05 Å². The predicted molar refractivity (Wildman–Crippen MR) is 151 cm³/mol. The zero-order valence-electron chi connectivity index (χ0n) is 22.7. The molecule has 6 nitrogen and oxygen atoms in total. The number of fused-ring (bicyclic) bond motifs is 1. The van der Waals surface area contributed by atoms with Crippen LogP contribution in [0, 0.1) is 11.6 Å². The van der Waals surface area contributed by atoms with Crippen LogP contribution in [0.5, 0.6) is 0 Å². The summed E-state index contributed by atoms with van der Waals surface area (Å²) in [7, 11) is 3.05. The van der Waals surface area contributed by atoms with E-state index in [0.29, 0.717) is 5.56 Å². The van der Waals surface area contributed by atoms with Gasteiger partial charge in [-0.2, -0.15) is 5.10 Å². The first-order chi connectivity index (χ1) is 19.7. The fourth-order valence-corrected chi connectivity index (χ4v) is 4.33. The molecule has 4 aromatic carbocycles. The first-order valence-corrected chi connectivity index (χ1v) is 12.3. The minimum atomic E-state index is -1.56. The van der Waals surface area contributed by atoms with Crippen molar-refractivity contribution in [3.05, 3.63) is 126 Å². The Balaban J connectivity index is 1.55. The van der Waals surface area contributed by atoms with Crippen LogP contribution in [-0.2, 0) is 23.1 Å². The van der Waals surface area contributed by atoms with Crippen LogP contribution in [0.1, 0.15) is 22.9 Å². The maximum absolute atomic E-state index is 15.6. The van der Waals surface area contributed by atoms with Gasteiger partial charge in [0.2, 0.25) is 0 Å². The summed E-state index contributed by atoms with van der Waals surface area (Å²) in [4.78, 5) is 26.3. The second kappa shape index (κ2) is 11.3. The van der Waals surface area contributed by atoms with E-state index in [0.717, 1.165) is 33.5 Å². The Kier molecular flexibility index (Phi) is 7.13. The van der Waals surface area contributed by atoms with Gasteiger partial charge in [0.25, 0.3) is 5.91 Å². The van der Waals surface area contributed by atoms with Crippen molar-refractivity contribution < 1.29 is 24.5 Å². The number of amides is 1. The lowest BCUT2D eigenvalue weighted by Crippen LogP contribution is -2.31. The molecule has 5 aromatic rings. The highest BCUT2D eigenvalue weighted by Gasteiger charge is 2.21. The van der Waals surface area contributed by atoms with E-state index in [1.807, 2.05) is 25.2 Å². The third kappa shape index (κ3) is 5.66. The average molecular weight is 539 g/mol. The van der Waals surface area contributed by atoms with Crippen LogP contribution in [0.15, 0.2) is 97.2 Å². The lowest BCUT2D eigenvalue weighted by molar-refractivity contribution is -0.134. The third-order valence-corrected chi connectivity index (χ3v) is 6.38. The molecule has 0 saturated carbocycles. The number of carbonyl (C=O) groups is 2. The van der Waals surface area contributed by atoms with Crippen LogP contribution in [-0.4, -0.2) is 28.8 Å². The van der Waals surface area contributed by atoms with Crippen LogP contribution < -0.4 is 4.90 Å². The highest BCUT2D eigenvalue weighted by atomic mass is 19.1. The molecule has 40 heavy (non-hydrogen) atoms. The molecule has 1 heterocycles. The Labute approximate surface area is 231 Å². The molecule has 1 unspecified atom stereocenters. The predicted octanol–water partition coefficient (Wildman–Crippen LogP) is 6.55. The molecule has 0 spiro atoms. The van der Waals surface area contributed by atoms with E-state index < -0.39 is 30.0 Å². The Morgan fingerprint density at radius 1 is 1.00 bits per heavy atom. The van der Waals surface area contributed by atoms with E-state index in [1.54, 1.807) is 47.3 Å². The van der Waals surface area contributed by atoms with Gasteiger partial charge in [-0.3, -0.25) is 9.48 Å². The van der Waals surface area contributed by atoms with E-state index in [2.05, 4.69) is 9.84 Å². The molecule has 0 saturated heterocycles. The van der Waals surface area contributed by atoms with Crippen LogP contribution >= 0.6 is 0 Å². The fraction of sp³-hybridized carbons (Fsp3) is 0.0938. The van der Waals surface area contributed by atoms with Crippen molar-refractivity contribution in [2.45, 2.75) is 6.52 Å². The summed E-state index contributed by atoms with van der Waals surface area (Å²) in [6.45, 7) is -1.56. The first kappa shape index (κ1) is 25.2. The number of rotatable bonds is 7. The summed E-state index contributed by atoms with van der Waals surface area (Å²) < 4.78 is 45.7. The molecule has 8 heteroatoms. The number of hydrogen-bond acceptors (Lipinski definition) is 4. The molecule has 1 amide bonds. The Morgan fingerprint density at radius 3 is 2.50 bits per heavy atom. The van der Waals surface area contributed by atoms with E-state index in [1.165, 1.54) is 37.5 Å². The van der Waals surface area contributed by atoms with Crippen molar-refractivity contribution in [3.8, 4) is 11.1 Å². The number of benzene rings is 4. The van der Waals surface area contributed by atoms with E-state index in [9.17, 15) is 14.0 Å². The third-order valence-electron chi connectivity index (χ3n) is 6.38. The summed E-state index contributed by atoms with van der Waals surface area (Å²) in [6.07, 6.45) is 4.17. The lowest BCUT2D eigenvalue weighted by atomic mass is 10.0. The number of methoxy groups -OCH3 is 1. The number of ether oxygens (including phenoxy) is 1. The van der Waals surface area contributed by atoms with E-state index in [4.69, 9.17) is 1.37 Å². The van der Waals surface area contributed by atoms with Gasteiger partial charge in [0, 0.05) is 35.3 Å². The van der Waals surface area contributed by atoms with Crippen molar-refractivity contribution in [1.29, 1.82) is 0 Å². The van der Waals surface area contributed by atoms with Gasteiger partial charge < -0.3 is 9.64 Å². The minimum Gasteiger partial charge on any atom is -0.466 e. The number of anilines is 1. The number of aryl methyl sites for hydroxylation is 1. The zero-order chi connectivity index (χ0) is 29.1. The summed E-state index contributed by atoms with van der Waals surface area (Å²) in [6, 6.07) is 22.0. The molecule has 5 rings (SSSR count). The van der Waals surface area contributed by atoms with Gasteiger partial charge in [-0.05, 0) is 71.3 Å². The second-order valence-corrected chi connectivity index (χ2v) is 9.05. The Morgan fingerprint density at radius 2 is 1.75 bits per heavy atom. The van der Waals surface area contributed by atoms with Gasteiger partial charge in [-0.15, -0.1) is 0 Å². The maximum Gasteiger partial charge on any atom is 0.330 e. The molecule has 0 aliphatic carbocycles. The molecular formula is C32H25F2N3O3. The van der Waals surface area contributed by atoms with Crippen LogP contribution in [0.3, 0.4) is 0 Å². The summed E-state index contributed by atoms with van der Waals surface area (Å²) in [5.41, 5.74) is 2.73. The smallest absolute Gasteiger partial charge is 0.330 e. The monoisotopic (exact) mass is 538 g/mol. The average Bonchev–Trinajstić information content (AvgIpc) is 3.35. The molecule has 0 fully saturated rings. The number of esters is 1. The van der Waals surface area contributed by atoms with Crippen LogP contribution in [0.25, 0.3) is 28.1 Å². The number of nitrogens with zero attached hydrogens (tertiary/aromatic N) is 3. The quantitative estimate of drug-likeness (QED) is 0.174. The Bertz CT molecular complexity index is 1790. The van der Waals surface area contributed by atoms with Gasteiger partial charge in [0.15, 0.2) is 0 Å². The highest BCUT2D eigenvalue weighted by molar-refractivity contribution is 6.06. The fourth-order valence-electron chi connectivity index (χ4n) is 4.33. The van der Waals surface area contributed by atoms with Gasteiger partial charge in [-0.1, -0.05) is 36.4 Å². The molecule has 0 aliphatic heterocycles. The van der Waals surface area contributed by atoms with Gasteiger partial charge >= 0.3 is 5.97 Å². The zero-order valence-corrected chi connectivity index (χ0v) is 21.7. The van der Waals surface area contributed by atoms with E-state index in [-0.39, 0.29) is 22.4 Å². The largest absolute Gasteiger partial charge is 0.466 e. The number of carbonyl (C=O) groups excluding carboxylic acids is 2. The van der Waals surface area contributed by atoms with Gasteiger partial charge in [0.1, 0.15) is 11.6 Å². The standard InChI is InChI=1S/C32H25F2N3O3/c1-36-30-12-11-23(16-26(30)19-35-36)24-9-10-25(29(34)17-24)20-37(32(39)22-6-4-3-5-7-22)28-15-21(14-27(33)18-28)8-13-31(38)40-2/h3-19H,20H2,1-2H3/b13-8+/i20D. The molecule has 0 aliphatic rings. The van der Waals surface area contributed by atoms with Gasteiger partial charge in [-0.25, -0.2) is 13.6 Å². The number of hydrogen-bond donors (Lipinski definition) is 0. The topological polar surface area (TPSA) is 64.4 Å². The molecule has 1 aromatic heterocycles. The van der Waals surface area contributed by atoms with Gasteiger partial charge in [0.05, 0.1) is 26.7 Å². The van der Waals surface area contributed by atoms with Crippen LogP contribution in [0.2, 0.25) is 0 Å². The van der Waals surface area contributed by atoms with E-state index >= 15 is 4.39 Å². The molecule has 0 N–H and O–H groups in total. The van der Waals surface area contributed by atoms with Crippen molar-refractivity contribution in [1.82, 2.24) is 9.78 Å². The summed E-state index contributed by atoms with van der Waals surface area (Å²) in [5, 5.41) is 5.14. The molecular weight excluding hydrogens is 512 g/mol. The number of halogens is 2. The normalized spacial score (nSPS) is 12.3.